The fourth-order valence-electron chi connectivity index (χ4n) is 3.31. The maximum atomic E-state index is 5.60. The number of anilines is 1. The van der Waals surface area contributed by atoms with Gasteiger partial charge in [0.1, 0.15) is 5.82 Å². The van der Waals surface area contributed by atoms with Crippen molar-refractivity contribution in [1.82, 2.24) is 20.5 Å². The molecule has 1 fully saturated rings. The fraction of sp³-hybridized carbons (Fsp3) is 0.739. The molecule has 0 unspecified atom stereocenters. The minimum atomic E-state index is 0. The van der Waals surface area contributed by atoms with E-state index in [1.54, 1.807) is 0 Å². The lowest BCUT2D eigenvalue weighted by molar-refractivity contribution is 0.0487. The van der Waals surface area contributed by atoms with E-state index < -0.39 is 0 Å². The number of hydrogen-bond donors (Lipinski definition) is 2. The molecule has 1 aliphatic heterocycles. The molecule has 1 aromatic heterocycles. The molecule has 184 valence electrons. The third-order valence-corrected chi connectivity index (χ3v) is 5.27. The molecule has 8 nitrogen and oxygen atoms in total. The van der Waals surface area contributed by atoms with Crippen molar-refractivity contribution in [2.24, 2.45) is 4.99 Å². The van der Waals surface area contributed by atoms with Crippen molar-refractivity contribution in [3.05, 3.63) is 23.9 Å². The molecule has 9 heteroatoms. The summed E-state index contributed by atoms with van der Waals surface area (Å²) in [7, 11) is 0. The van der Waals surface area contributed by atoms with E-state index >= 15 is 0 Å². The second-order valence-corrected chi connectivity index (χ2v) is 7.65. The van der Waals surface area contributed by atoms with Crippen molar-refractivity contribution in [3.63, 3.8) is 0 Å². The van der Waals surface area contributed by atoms with Crippen LogP contribution in [0.5, 0.6) is 0 Å². The van der Waals surface area contributed by atoms with E-state index in [0.717, 1.165) is 76.1 Å². The summed E-state index contributed by atoms with van der Waals surface area (Å²) in [5.74, 6) is 1.86. The quantitative estimate of drug-likeness (QED) is 0.156. The first-order valence-corrected chi connectivity index (χ1v) is 11.9. The van der Waals surface area contributed by atoms with Crippen LogP contribution in [-0.4, -0.2) is 88.1 Å². The Morgan fingerprint density at radius 3 is 2.38 bits per heavy atom. The number of guanidine groups is 1. The Kier molecular flexibility index (Phi) is 16.5. The van der Waals surface area contributed by atoms with Crippen LogP contribution in [0, 0.1) is 0 Å². The van der Waals surface area contributed by atoms with E-state index in [-0.39, 0.29) is 24.0 Å². The third-order valence-electron chi connectivity index (χ3n) is 5.27. The zero-order valence-corrected chi connectivity index (χ0v) is 22.5. The number of likely N-dealkylation sites (N-methyl/N-ethyl adjacent to an activating group) is 1. The molecule has 0 aliphatic carbocycles. The molecular formula is C23H43IN6O2. The molecule has 0 spiro atoms. The van der Waals surface area contributed by atoms with Crippen LogP contribution in [0.15, 0.2) is 23.3 Å². The van der Waals surface area contributed by atoms with Gasteiger partial charge in [-0.25, -0.2) is 9.98 Å². The Balaban J connectivity index is 0.00000512. The van der Waals surface area contributed by atoms with Crippen molar-refractivity contribution < 1.29 is 9.47 Å². The second kappa shape index (κ2) is 18.3. The Hall–Kier alpha value is -1.17. The number of rotatable bonds is 14. The second-order valence-electron chi connectivity index (χ2n) is 7.65. The highest BCUT2D eigenvalue weighted by atomic mass is 127. The highest BCUT2D eigenvalue weighted by Crippen LogP contribution is 2.14. The average molecular weight is 563 g/mol. The Morgan fingerprint density at radius 1 is 1.00 bits per heavy atom. The zero-order valence-electron chi connectivity index (χ0n) is 20.1. The molecule has 0 amide bonds. The van der Waals surface area contributed by atoms with Crippen molar-refractivity contribution in [3.8, 4) is 0 Å². The molecule has 0 radical (unpaired) electrons. The summed E-state index contributed by atoms with van der Waals surface area (Å²) in [5.41, 5.74) is 1.11. The molecule has 0 aromatic carbocycles. The van der Waals surface area contributed by atoms with Gasteiger partial charge in [-0.2, -0.15) is 0 Å². The summed E-state index contributed by atoms with van der Waals surface area (Å²) in [6.45, 7) is 16.7. The van der Waals surface area contributed by atoms with Gasteiger partial charge in [0.15, 0.2) is 5.96 Å². The third kappa shape index (κ3) is 11.6. The van der Waals surface area contributed by atoms with Gasteiger partial charge in [-0.1, -0.05) is 26.3 Å². The van der Waals surface area contributed by atoms with E-state index in [9.17, 15) is 0 Å². The monoisotopic (exact) mass is 562 g/mol. The van der Waals surface area contributed by atoms with Crippen molar-refractivity contribution >= 4 is 35.8 Å². The molecule has 1 aliphatic rings. The average Bonchev–Trinajstić information content (AvgIpc) is 2.82. The van der Waals surface area contributed by atoms with Gasteiger partial charge < -0.3 is 29.9 Å². The molecule has 2 heterocycles. The molecule has 0 bridgehead atoms. The lowest BCUT2D eigenvalue weighted by Crippen LogP contribution is -2.46. The number of piperazine rings is 1. The van der Waals surface area contributed by atoms with Crippen molar-refractivity contribution in [1.29, 1.82) is 0 Å². The smallest absolute Gasteiger partial charge is 0.191 e. The van der Waals surface area contributed by atoms with Crippen LogP contribution in [0.25, 0.3) is 0 Å². The predicted molar refractivity (Wildman–Crippen MR) is 143 cm³/mol. The van der Waals surface area contributed by atoms with E-state index in [1.807, 2.05) is 6.20 Å². The van der Waals surface area contributed by atoms with Gasteiger partial charge in [-0.3, -0.25) is 0 Å². The number of aliphatic imine (C=N–C) groups is 1. The topological polar surface area (TPSA) is 74.2 Å². The molecule has 2 N–H and O–H groups in total. The molecule has 1 saturated heterocycles. The molecule has 32 heavy (non-hydrogen) atoms. The van der Waals surface area contributed by atoms with Gasteiger partial charge in [0.05, 0.1) is 26.4 Å². The summed E-state index contributed by atoms with van der Waals surface area (Å²) in [6, 6.07) is 4.24. The minimum absolute atomic E-state index is 0. The highest BCUT2D eigenvalue weighted by molar-refractivity contribution is 14.0. The number of unbranched alkanes of at least 4 members (excludes halogenated alkanes) is 1. The first-order chi connectivity index (χ1) is 15.3. The van der Waals surface area contributed by atoms with Crippen LogP contribution in [-0.2, 0) is 16.0 Å². The van der Waals surface area contributed by atoms with Crippen molar-refractivity contribution in [2.45, 2.75) is 40.2 Å². The van der Waals surface area contributed by atoms with Crippen molar-refractivity contribution in [2.75, 3.05) is 77.1 Å². The minimum Gasteiger partial charge on any atom is -0.379 e. The first kappa shape index (κ1) is 28.9. The van der Waals surface area contributed by atoms with E-state index in [4.69, 9.17) is 9.47 Å². The normalized spacial score (nSPS) is 14.8. The van der Waals surface area contributed by atoms with Gasteiger partial charge >= 0.3 is 0 Å². The van der Waals surface area contributed by atoms with Gasteiger partial charge in [0.25, 0.3) is 0 Å². The van der Waals surface area contributed by atoms with E-state index in [2.05, 4.69) is 63.3 Å². The lowest BCUT2D eigenvalue weighted by Gasteiger charge is -2.34. The zero-order chi connectivity index (χ0) is 22.2. The van der Waals surface area contributed by atoms with Gasteiger partial charge in [0, 0.05) is 52.1 Å². The fourth-order valence-corrected chi connectivity index (χ4v) is 3.31. The number of aromatic nitrogens is 1. The SMILES string of the molecule is CCCCOCCOCCNC(=NCc1ccc(N2CCN(CC)CC2)nc1)NCC.I. The summed E-state index contributed by atoms with van der Waals surface area (Å²) in [6.07, 6.45) is 4.21. The van der Waals surface area contributed by atoms with Crippen LogP contribution in [0.1, 0.15) is 39.2 Å². The lowest BCUT2D eigenvalue weighted by atomic mass is 10.2. The van der Waals surface area contributed by atoms with Crippen LogP contribution in [0.4, 0.5) is 5.82 Å². The Morgan fingerprint density at radius 2 is 1.75 bits per heavy atom. The van der Waals surface area contributed by atoms with Crippen LogP contribution in [0.3, 0.4) is 0 Å². The predicted octanol–water partition coefficient (Wildman–Crippen LogP) is 2.73. The van der Waals surface area contributed by atoms with Gasteiger partial charge in [-0.15, -0.1) is 24.0 Å². The summed E-state index contributed by atoms with van der Waals surface area (Å²) in [4.78, 5) is 14.2. The van der Waals surface area contributed by atoms with Crippen LogP contribution in [0.2, 0.25) is 0 Å². The number of pyridine rings is 1. The highest BCUT2D eigenvalue weighted by Gasteiger charge is 2.16. The number of ether oxygens (including phenoxy) is 2. The van der Waals surface area contributed by atoms with Crippen LogP contribution >= 0.6 is 24.0 Å². The molecular weight excluding hydrogens is 519 g/mol. The van der Waals surface area contributed by atoms with E-state index in [0.29, 0.717) is 32.9 Å². The molecule has 0 atom stereocenters. The Bertz CT molecular complexity index is 609. The number of halogens is 1. The number of nitrogens with zero attached hydrogens (tertiary/aromatic N) is 4. The molecule has 2 rings (SSSR count). The standard InChI is InChI=1S/C23H42N6O2.HI/c1-4-7-15-30-17-18-31-16-10-25-23(24-5-2)27-20-21-8-9-22(26-19-21)29-13-11-28(6-3)12-14-29;/h8-9,19H,4-7,10-18,20H2,1-3H3,(H2,24,25,27);1H. The maximum Gasteiger partial charge on any atom is 0.191 e. The number of nitrogens with one attached hydrogen (secondary N) is 2. The summed E-state index contributed by atoms with van der Waals surface area (Å²) in [5, 5.41) is 6.59. The summed E-state index contributed by atoms with van der Waals surface area (Å²) >= 11 is 0. The molecule has 1 aromatic rings. The first-order valence-electron chi connectivity index (χ1n) is 11.9. The van der Waals surface area contributed by atoms with Crippen LogP contribution < -0.4 is 15.5 Å². The molecule has 0 saturated carbocycles. The maximum absolute atomic E-state index is 5.60. The number of hydrogen-bond acceptors (Lipinski definition) is 6. The van der Waals surface area contributed by atoms with Gasteiger partial charge in [0.2, 0.25) is 0 Å². The van der Waals surface area contributed by atoms with Gasteiger partial charge in [-0.05, 0) is 31.5 Å². The van der Waals surface area contributed by atoms with E-state index in [1.165, 1.54) is 0 Å². The Labute approximate surface area is 211 Å². The largest absolute Gasteiger partial charge is 0.379 e. The summed E-state index contributed by atoms with van der Waals surface area (Å²) < 4.78 is 11.1.